The SMILES string of the molecule is CC(C)N1C(=O)C2(N=C1N)c1cc(CC3CCCCC3)ccc1CC21CCCCC1. The summed E-state index contributed by atoms with van der Waals surface area (Å²) >= 11 is 0. The third-order valence-electron chi connectivity index (χ3n) is 8.49. The standard InChI is InChI=1S/C26H37N3O/c1-18(2)29-23(30)26(28-24(29)27)22-16-20(15-19-9-5-3-6-10-19)11-12-21(22)17-25(26)13-7-4-8-14-25/h11-12,16,18-19H,3-10,13-15,17H2,1-2H3,(H2,27,28). The van der Waals surface area contributed by atoms with Crippen LogP contribution in [0.15, 0.2) is 23.2 Å². The van der Waals surface area contributed by atoms with Crippen molar-refractivity contribution in [2.24, 2.45) is 22.1 Å². The fourth-order valence-corrected chi connectivity index (χ4v) is 7.08. The number of rotatable bonds is 3. The van der Waals surface area contributed by atoms with E-state index in [9.17, 15) is 4.79 Å². The topological polar surface area (TPSA) is 58.7 Å². The molecule has 0 radical (unpaired) electrons. The molecule has 1 heterocycles. The average molecular weight is 408 g/mol. The lowest BCUT2D eigenvalue weighted by atomic mass is 9.62. The molecule has 1 aliphatic heterocycles. The van der Waals surface area contributed by atoms with Crippen molar-refractivity contribution in [2.45, 2.75) is 102 Å². The van der Waals surface area contributed by atoms with Gasteiger partial charge in [-0.1, -0.05) is 69.6 Å². The smallest absolute Gasteiger partial charge is 0.262 e. The Hall–Kier alpha value is -1.84. The molecule has 3 aliphatic carbocycles. The van der Waals surface area contributed by atoms with Gasteiger partial charge in [-0.05, 0) is 62.1 Å². The first-order valence-corrected chi connectivity index (χ1v) is 12.3. The summed E-state index contributed by atoms with van der Waals surface area (Å²) in [6.45, 7) is 4.09. The van der Waals surface area contributed by atoms with Crippen LogP contribution < -0.4 is 5.73 Å². The molecule has 4 nitrogen and oxygen atoms in total. The highest BCUT2D eigenvalue weighted by molar-refractivity contribution is 6.08. The summed E-state index contributed by atoms with van der Waals surface area (Å²) < 4.78 is 0. The third kappa shape index (κ3) is 2.85. The summed E-state index contributed by atoms with van der Waals surface area (Å²) in [5.41, 5.74) is 9.42. The molecule has 1 aromatic rings. The fraction of sp³-hybridized carbons (Fsp3) is 0.692. The molecule has 1 atom stereocenters. The van der Waals surface area contributed by atoms with Crippen LogP contribution in [-0.4, -0.2) is 22.8 Å². The van der Waals surface area contributed by atoms with Gasteiger partial charge in [0.25, 0.3) is 5.91 Å². The van der Waals surface area contributed by atoms with Gasteiger partial charge in [0.05, 0.1) is 0 Å². The molecule has 30 heavy (non-hydrogen) atoms. The van der Waals surface area contributed by atoms with Gasteiger partial charge >= 0.3 is 0 Å². The largest absolute Gasteiger partial charge is 0.369 e. The molecule has 1 unspecified atom stereocenters. The second kappa shape index (κ2) is 7.39. The maximum absolute atomic E-state index is 14.1. The van der Waals surface area contributed by atoms with Gasteiger partial charge < -0.3 is 5.73 Å². The molecule has 4 aliphatic rings. The maximum atomic E-state index is 14.1. The summed E-state index contributed by atoms with van der Waals surface area (Å²) in [5.74, 6) is 1.34. The first-order chi connectivity index (χ1) is 14.5. The minimum atomic E-state index is -0.792. The van der Waals surface area contributed by atoms with Crippen LogP contribution in [0.1, 0.15) is 94.7 Å². The van der Waals surface area contributed by atoms with E-state index in [1.54, 1.807) is 4.90 Å². The second-order valence-corrected chi connectivity index (χ2v) is 10.7. The third-order valence-corrected chi connectivity index (χ3v) is 8.49. The van der Waals surface area contributed by atoms with E-state index in [0.29, 0.717) is 5.96 Å². The van der Waals surface area contributed by atoms with Crippen molar-refractivity contribution >= 4 is 11.9 Å². The molecular formula is C26H37N3O. The number of hydrogen-bond acceptors (Lipinski definition) is 3. The van der Waals surface area contributed by atoms with Gasteiger partial charge in [0.2, 0.25) is 0 Å². The molecule has 0 aromatic heterocycles. The number of benzene rings is 1. The molecule has 2 spiro atoms. The number of fused-ring (bicyclic) bond motifs is 3. The predicted molar refractivity (Wildman–Crippen MR) is 121 cm³/mol. The Morgan fingerprint density at radius 3 is 2.47 bits per heavy atom. The Labute approximate surface area is 181 Å². The van der Waals surface area contributed by atoms with Crippen LogP contribution in [-0.2, 0) is 23.2 Å². The summed E-state index contributed by atoms with van der Waals surface area (Å²) in [6, 6.07) is 7.03. The zero-order valence-electron chi connectivity index (χ0n) is 18.8. The molecule has 5 rings (SSSR count). The van der Waals surface area contributed by atoms with Gasteiger partial charge in [0.1, 0.15) is 0 Å². The Bertz CT molecular complexity index is 861. The molecule has 162 valence electrons. The van der Waals surface area contributed by atoms with Crippen molar-refractivity contribution in [3.05, 3.63) is 34.9 Å². The Morgan fingerprint density at radius 2 is 1.80 bits per heavy atom. The Balaban J connectivity index is 1.59. The van der Waals surface area contributed by atoms with Gasteiger partial charge in [0.15, 0.2) is 11.5 Å². The highest BCUT2D eigenvalue weighted by atomic mass is 16.2. The van der Waals surface area contributed by atoms with Crippen LogP contribution in [0.4, 0.5) is 0 Å². The minimum absolute atomic E-state index is 0.0377. The quantitative estimate of drug-likeness (QED) is 0.760. The summed E-state index contributed by atoms with van der Waals surface area (Å²) in [5, 5.41) is 0. The van der Waals surface area contributed by atoms with Crippen molar-refractivity contribution < 1.29 is 4.79 Å². The first-order valence-electron chi connectivity index (χ1n) is 12.3. The molecule has 1 amide bonds. The summed E-state index contributed by atoms with van der Waals surface area (Å²) in [6.07, 6.45) is 14.7. The van der Waals surface area contributed by atoms with Gasteiger partial charge in [-0.3, -0.25) is 9.69 Å². The predicted octanol–water partition coefficient (Wildman–Crippen LogP) is 5.08. The number of hydrogen-bond donors (Lipinski definition) is 1. The number of carbonyl (C=O) groups is 1. The Kier molecular flexibility index (Phi) is 4.95. The lowest BCUT2D eigenvalue weighted by Crippen LogP contribution is -2.52. The lowest BCUT2D eigenvalue weighted by molar-refractivity contribution is -0.138. The molecule has 1 aromatic carbocycles. The van der Waals surface area contributed by atoms with E-state index in [-0.39, 0.29) is 17.4 Å². The maximum Gasteiger partial charge on any atom is 0.262 e. The number of amides is 1. The van der Waals surface area contributed by atoms with E-state index in [1.807, 2.05) is 13.8 Å². The van der Waals surface area contributed by atoms with Crippen LogP contribution >= 0.6 is 0 Å². The van der Waals surface area contributed by atoms with E-state index in [1.165, 1.54) is 68.1 Å². The van der Waals surface area contributed by atoms with Crippen molar-refractivity contribution in [3.8, 4) is 0 Å². The van der Waals surface area contributed by atoms with Crippen molar-refractivity contribution in [3.63, 3.8) is 0 Å². The van der Waals surface area contributed by atoms with Crippen LogP contribution in [0.2, 0.25) is 0 Å². The van der Waals surface area contributed by atoms with E-state index < -0.39 is 5.54 Å². The summed E-state index contributed by atoms with van der Waals surface area (Å²) in [4.78, 5) is 20.9. The van der Waals surface area contributed by atoms with Crippen LogP contribution in [0.25, 0.3) is 0 Å². The normalized spacial score (nSPS) is 28.6. The molecule has 2 fully saturated rings. The number of carbonyl (C=O) groups excluding carboxylic acids is 1. The van der Waals surface area contributed by atoms with E-state index >= 15 is 0 Å². The zero-order chi connectivity index (χ0) is 20.9. The number of nitrogens with zero attached hydrogens (tertiary/aromatic N) is 2. The molecule has 0 bridgehead atoms. The second-order valence-electron chi connectivity index (χ2n) is 10.7. The van der Waals surface area contributed by atoms with E-state index in [0.717, 1.165) is 31.6 Å². The minimum Gasteiger partial charge on any atom is -0.369 e. The van der Waals surface area contributed by atoms with Crippen LogP contribution in [0.5, 0.6) is 0 Å². The number of nitrogens with two attached hydrogens (primary N) is 1. The monoisotopic (exact) mass is 407 g/mol. The number of aliphatic imine (C=N–C) groups is 1. The van der Waals surface area contributed by atoms with Crippen LogP contribution in [0.3, 0.4) is 0 Å². The van der Waals surface area contributed by atoms with Gasteiger partial charge in [-0.15, -0.1) is 0 Å². The first kappa shape index (κ1) is 20.1. The molecule has 2 N–H and O–H groups in total. The molecule has 2 saturated carbocycles. The average Bonchev–Trinajstić information content (AvgIpc) is 3.15. The highest BCUT2D eigenvalue weighted by Gasteiger charge is 2.66. The zero-order valence-corrected chi connectivity index (χ0v) is 18.8. The van der Waals surface area contributed by atoms with Crippen LogP contribution in [0, 0.1) is 11.3 Å². The van der Waals surface area contributed by atoms with Crippen molar-refractivity contribution in [1.82, 2.24) is 4.90 Å². The highest BCUT2D eigenvalue weighted by Crippen LogP contribution is 2.62. The van der Waals surface area contributed by atoms with Gasteiger partial charge in [-0.2, -0.15) is 0 Å². The number of guanidine groups is 1. The Morgan fingerprint density at radius 1 is 1.10 bits per heavy atom. The van der Waals surface area contributed by atoms with E-state index in [4.69, 9.17) is 10.7 Å². The molecule has 4 heteroatoms. The van der Waals surface area contributed by atoms with Gasteiger partial charge in [0, 0.05) is 11.5 Å². The molecular weight excluding hydrogens is 370 g/mol. The fourth-order valence-electron chi connectivity index (χ4n) is 7.08. The van der Waals surface area contributed by atoms with Crippen molar-refractivity contribution in [2.75, 3.05) is 0 Å². The molecule has 0 saturated heterocycles. The van der Waals surface area contributed by atoms with Crippen molar-refractivity contribution in [1.29, 1.82) is 0 Å². The lowest BCUT2D eigenvalue weighted by Gasteiger charge is -2.43. The summed E-state index contributed by atoms with van der Waals surface area (Å²) in [7, 11) is 0. The van der Waals surface area contributed by atoms with E-state index in [2.05, 4.69) is 18.2 Å². The van der Waals surface area contributed by atoms with Gasteiger partial charge in [-0.25, -0.2) is 4.99 Å².